The second kappa shape index (κ2) is 6.55. The highest BCUT2D eigenvalue weighted by molar-refractivity contribution is 7.89. The van der Waals surface area contributed by atoms with E-state index in [0.29, 0.717) is 5.56 Å². The third-order valence-electron chi connectivity index (χ3n) is 3.82. The van der Waals surface area contributed by atoms with Crippen molar-refractivity contribution in [2.75, 3.05) is 6.61 Å². The number of hydrogen-bond donors (Lipinski definition) is 3. The van der Waals surface area contributed by atoms with E-state index >= 15 is 0 Å². The molecule has 7 heteroatoms. The van der Waals surface area contributed by atoms with Gasteiger partial charge in [-0.25, -0.2) is 13.6 Å². The maximum Gasteiger partial charge on any atom is 0.251 e. The standard InChI is InChI=1S/C14H20N2O4S/c15-21(19,20)13-6-4-11(5-7-13)14(18)16-12-3-1-2-10(8-12)9-17/h4-7,10,12,17H,1-3,8-9H2,(H,16,18)(H2,15,19,20)/t10-,12-/m1/s1. The molecule has 1 amide bonds. The van der Waals surface area contributed by atoms with Crippen molar-refractivity contribution in [2.45, 2.75) is 36.6 Å². The lowest BCUT2D eigenvalue weighted by Gasteiger charge is -2.28. The van der Waals surface area contributed by atoms with Gasteiger partial charge in [-0.3, -0.25) is 4.79 Å². The second-order valence-electron chi connectivity index (χ2n) is 5.45. The molecule has 2 atom stereocenters. The van der Waals surface area contributed by atoms with Gasteiger partial charge in [-0.05, 0) is 49.4 Å². The van der Waals surface area contributed by atoms with Crippen LogP contribution in [0.15, 0.2) is 29.2 Å². The zero-order valence-electron chi connectivity index (χ0n) is 11.7. The van der Waals surface area contributed by atoms with Gasteiger partial charge < -0.3 is 10.4 Å². The molecule has 1 aromatic carbocycles. The molecular weight excluding hydrogens is 292 g/mol. The first kappa shape index (κ1) is 15.9. The number of sulfonamides is 1. The quantitative estimate of drug-likeness (QED) is 0.757. The highest BCUT2D eigenvalue weighted by Crippen LogP contribution is 2.24. The van der Waals surface area contributed by atoms with E-state index in [0.717, 1.165) is 25.7 Å². The number of benzene rings is 1. The number of aliphatic hydroxyl groups is 1. The van der Waals surface area contributed by atoms with Crippen molar-refractivity contribution in [3.05, 3.63) is 29.8 Å². The molecule has 1 fully saturated rings. The summed E-state index contributed by atoms with van der Waals surface area (Å²) in [6, 6.07) is 5.59. The smallest absolute Gasteiger partial charge is 0.251 e. The molecule has 0 unspecified atom stereocenters. The maximum atomic E-state index is 12.1. The highest BCUT2D eigenvalue weighted by atomic mass is 32.2. The molecule has 1 aliphatic rings. The van der Waals surface area contributed by atoms with Gasteiger partial charge in [0.1, 0.15) is 0 Å². The molecule has 21 heavy (non-hydrogen) atoms. The fourth-order valence-electron chi connectivity index (χ4n) is 2.65. The number of amides is 1. The number of nitrogens with one attached hydrogen (secondary N) is 1. The van der Waals surface area contributed by atoms with Crippen LogP contribution in [-0.2, 0) is 10.0 Å². The highest BCUT2D eigenvalue weighted by Gasteiger charge is 2.23. The molecule has 1 aromatic rings. The van der Waals surface area contributed by atoms with Crippen LogP contribution in [0.25, 0.3) is 0 Å². The Morgan fingerprint density at radius 2 is 1.95 bits per heavy atom. The van der Waals surface area contributed by atoms with E-state index in [1.165, 1.54) is 24.3 Å². The normalized spacial score (nSPS) is 22.8. The Kier molecular flexibility index (Phi) is 4.97. The number of hydrogen-bond acceptors (Lipinski definition) is 4. The van der Waals surface area contributed by atoms with Crippen molar-refractivity contribution in [1.82, 2.24) is 5.32 Å². The first-order valence-electron chi connectivity index (χ1n) is 6.94. The van der Waals surface area contributed by atoms with Crippen LogP contribution in [0.5, 0.6) is 0 Å². The Morgan fingerprint density at radius 1 is 1.29 bits per heavy atom. The van der Waals surface area contributed by atoms with Gasteiger partial charge in [0, 0.05) is 18.2 Å². The molecule has 0 aromatic heterocycles. The number of nitrogens with two attached hydrogens (primary N) is 1. The number of carbonyl (C=O) groups excluding carboxylic acids is 1. The van der Waals surface area contributed by atoms with E-state index in [1.54, 1.807) is 0 Å². The van der Waals surface area contributed by atoms with E-state index in [-0.39, 0.29) is 29.4 Å². The lowest BCUT2D eigenvalue weighted by molar-refractivity contribution is 0.0905. The van der Waals surface area contributed by atoms with Gasteiger partial charge in [-0.1, -0.05) is 6.42 Å². The van der Waals surface area contributed by atoms with Crippen molar-refractivity contribution in [3.63, 3.8) is 0 Å². The fourth-order valence-corrected chi connectivity index (χ4v) is 3.17. The molecule has 0 heterocycles. The Labute approximate surface area is 124 Å². The van der Waals surface area contributed by atoms with Crippen LogP contribution in [0.3, 0.4) is 0 Å². The second-order valence-corrected chi connectivity index (χ2v) is 7.02. The van der Waals surface area contributed by atoms with Crippen molar-refractivity contribution in [2.24, 2.45) is 11.1 Å². The first-order valence-corrected chi connectivity index (χ1v) is 8.49. The summed E-state index contributed by atoms with van der Waals surface area (Å²) >= 11 is 0. The van der Waals surface area contributed by atoms with Gasteiger partial charge >= 0.3 is 0 Å². The summed E-state index contributed by atoms with van der Waals surface area (Å²) in [4.78, 5) is 12.1. The Morgan fingerprint density at radius 3 is 2.52 bits per heavy atom. The Hall–Kier alpha value is -1.44. The summed E-state index contributed by atoms with van der Waals surface area (Å²) in [6.07, 6.45) is 3.65. The largest absolute Gasteiger partial charge is 0.396 e. The minimum atomic E-state index is -3.74. The van der Waals surface area contributed by atoms with Gasteiger partial charge in [0.25, 0.3) is 5.91 Å². The molecule has 0 saturated heterocycles. The Balaban J connectivity index is 2.00. The van der Waals surface area contributed by atoms with Crippen LogP contribution in [0.4, 0.5) is 0 Å². The lowest BCUT2D eigenvalue weighted by atomic mass is 9.86. The van der Waals surface area contributed by atoms with Crippen LogP contribution >= 0.6 is 0 Å². The first-order chi connectivity index (χ1) is 9.90. The summed E-state index contributed by atoms with van der Waals surface area (Å²) in [6.45, 7) is 0.148. The van der Waals surface area contributed by atoms with Gasteiger partial charge in [0.2, 0.25) is 10.0 Å². The summed E-state index contributed by atoms with van der Waals surface area (Å²) in [5, 5.41) is 17.1. The minimum absolute atomic E-state index is 0.0166. The van der Waals surface area contributed by atoms with Gasteiger partial charge in [0.05, 0.1) is 4.90 Å². The SMILES string of the molecule is NS(=O)(=O)c1ccc(C(=O)N[C@@H]2CCC[C@@H](CO)C2)cc1. The molecule has 4 N–H and O–H groups in total. The summed E-state index contributed by atoms with van der Waals surface area (Å²) in [7, 11) is -3.74. The zero-order valence-corrected chi connectivity index (χ0v) is 12.5. The number of aliphatic hydroxyl groups excluding tert-OH is 1. The summed E-state index contributed by atoms with van der Waals surface area (Å²) < 4.78 is 22.3. The lowest BCUT2D eigenvalue weighted by Crippen LogP contribution is -2.39. The topological polar surface area (TPSA) is 109 Å². The molecule has 0 aliphatic heterocycles. The average Bonchev–Trinajstić information content (AvgIpc) is 2.46. The monoisotopic (exact) mass is 312 g/mol. The predicted octanol–water partition coefficient (Wildman–Crippen LogP) is 0.615. The van der Waals surface area contributed by atoms with Crippen molar-refractivity contribution in [1.29, 1.82) is 0 Å². The minimum Gasteiger partial charge on any atom is -0.396 e. The van der Waals surface area contributed by atoms with Gasteiger partial charge in [0.15, 0.2) is 0 Å². The molecule has 2 rings (SSSR count). The zero-order chi connectivity index (χ0) is 15.5. The third-order valence-corrected chi connectivity index (χ3v) is 4.75. The third kappa shape index (κ3) is 4.26. The molecule has 0 spiro atoms. The van der Waals surface area contributed by atoms with Crippen molar-refractivity contribution < 1.29 is 18.3 Å². The van der Waals surface area contributed by atoms with E-state index in [2.05, 4.69) is 5.32 Å². The summed E-state index contributed by atoms with van der Waals surface area (Å²) in [5.41, 5.74) is 0.397. The fraction of sp³-hybridized carbons (Fsp3) is 0.500. The molecular formula is C14H20N2O4S. The molecule has 1 aliphatic carbocycles. The molecule has 116 valence electrons. The van der Waals surface area contributed by atoms with E-state index < -0.39 is 10.0 Å². The van der Waals surface area contributed by atoms with Gasteiger partial charge in [-0.2, -0.15) is 0 Å². The molecule has 0 radical (unpaired) electrons. The molecule has 6 nitrogen and oxygen atoms in total. The average molecular weight is 312 g/mol. The van der Waals surface area contributed by atoms with Crippen molar-refractivity contribution >= 4 is 15.9 Å². The van der Waals surface area contributed by atoms with Gasteiger partial charge in [-0.15, -0.1) is 0 Å². The molecule has 1 saturated carbocycles. The van der Waals surface area contributed by atoms with Crippen LogP contribution in [0.1, 0.15) is 36.0 Å². The van der Waals surface area contributed by atoms with E-state index in [1.807, 2.05) is 0 Å². The summed E-state index contributed by atoms with van der Waals surface area (Å²) in [5.74, 6) is 0.00775. The maximum absolute atomic E-state index is 12.1. The molecule has 0 bridgehead atoms. The number of primary sulfonamides is 1. The number of carbonyl (C=O) groups is 1. The Bertz CT molecular complexity index is 598. The van der Waals surface area contributed by atoms with Crippen LogP contribution in [-0.4, -0.2) is 32.1 Å². The van der Waals surface area contributed by atoms with Crippen LogP contribution in [0, 0.1) is 5.92 Å². The predicted molar refractivity (Wildman–Crippen MR) is 78.1 cm³/mol. The van der Waals surface area contributed by atoms with E-state index in [9.17, 15) is 18.3 Å². The van der Waals surface area contributed by atoms with Crippen molar-refractivity contribution in [3.8, 4) is 0 Å². The van der Waals surface area contributed by atoms with Crippen LogP contribution in [0.2, 0.25) is 0 Å². The number of rotatable bonds is 4. The van der Waals surface area contributed by atoms with E-state index in [4.69, 9.17) is 5.14 Å². The van der Waals surface area contributed by atoms with Crippen LogP contribution < -0.4 is 10.5 Å².